The zero-order valence-corrected chi connectivity index (χ0v) is 13.0. The second-order valence-corrected chi connectivity index (χ2v) is 5.54. The van der Waals surface area contributed by atoms with Crippen LogP contribution in [-0.4, -0.2) is 4.98 Å². The predicted molar refractivity (Wildman–Crippen MR) is 80.1 cm³/mol. The first-order chi connectivity index (χ1) is 8.97. The maximum absolute atomic E-state index is 5.99. The predicted octanol–water partition coefficient (Wildman–Crippen LogP) is 5.93. The molecule has 0 saturated heterocycles. The van der Waals surface area contributed by atoms with Crippen LogP contribution in [-0.2, 0) is 6.61 Å². The van der Waals surface area contributed by atoms with Crippen molar-refractivity contribution in [2.75, 3.05) is 0 Å². The van der Waals surface area contributed by atoms with Gasteiger partial charge in [0.25, 0.3) is 0 Å². The summed E-state index contributed by atoms with van der Waals surface area (Å²) >= 11 is 29.4. The van der Waals surface area contributed by atoms with Crippen molar-refractivity contribution in [1.82, 2.24) is 4.98 Å². The summed E-state index contributed by atoms with van der Waals surface area (Å²) in [5, 5.41) is 1.70. The Morgan fingerprint density at radius 2 is 1.58 bits per heavy atom. The number of hydrogen-bond acceptors (Lipinski definition) is 2. The Hall–Kier alpha value is -0.380. The Balaban J connectivity index is 2.16. The number of ether oxygens (including phenoxy) is 1. The molecule has 0 bridgehead atoms. The van der Waals surface area contributed by atoms with Crippen LogP contribution in [0, 0.1) is 0 Å². The zero-order chi connectivity index (χ0) is 14.0. The molecule has 0 fully saturated rings. The summed E-state index contributed by atoms with van der Waals surface area (Å²) in [5.41, 5.74) is 0.688. The third-order valence-electron chi connectivity index (χ3n) is 2.25. The van der Waals surface area contributed by atoms with Crippen LogP contribution in [0.15, 0.2) is 24.3 Å². The molecule has 0 saturated carbocycles. The molecule has 1 heterocycles. The van der Waals surface area contributed by atoms with Gasteiger partial charge in [-0.3, -0.25) is 0 Å². The molecule has 0 aliphatic heterocycles. The van der Waals surface area contributed by atoms with Gasteiger partial charge in [-0.2, -0.15) is 0 Å². The Kier molecular flexibility index (Phi) is 5.04. The van der Waals surface area contributed by atoms with Gasteiger partial charge in [-0.1, -0.05) is 58.0 Å². The van der Waals surface area contributed by atoms with Crippen molar-refractivity contribution in [2.45, 2.75) is 6.61 Å². The van der Waals surface area contributed by atoms with Gasteiger partial charge in [0.15, 0.2) is 0 Å². The smallest absolute Gasteiger partial charge is 0.139 e. The van der Waals surface area contributed by atoms with Gasteiger partial charge >= 0.3 is 0 Å². The van der Waals surface area contributed by atoms with Crippen molar-refractivity contribution in [2.24, 2.45) is 0 Å². The lowest BCUT2D eigenvalue weighted by Crippen LogP contribution is -1.98. The maximum Gasteiger partial charge on any atom is 0.139 e. The fraction of sp³-hybridized carbons (Fsp3) is 0.0833. The number of halogens is 5. The summed E-state index contributed by atoms with van der Waals surface area (Å²) in [5.74, 6) is 0.419. The van der Waals surface area contributed by atoms with E-state index in [-0.39, 0.29) is 11.8 Å². The highest BCUT2D eigenvalue weighted by atomic mass is 35.5. The molecule has 0 radical (unpaired) electrons. The van der Waals surface area contributed by atoms with Crippen molar-refractivity contribution in [3.8, 4) is 5.75 Å². The average molecular weight is 357 g/mol. The SMILES string of the molecule is Clc1ccc(COc2cc(Cl)c(Cl)cc2Cl)c(Cl)n1. The number of nitrogens with zero attached hydrogens (tertiary/aromatic N) is 1. The minimum Gasteiger partial charge on any atom is -0.487 e. The van der Waals surface area contributed by atoms with Crippen molar-refractivity contribution in [1.29, 1.82) is 0 Å². The first kappa shape index (κ1) is 15.0. The van der Waals surface area contributed by atoms with Crippen LogP contribution < -0.4 is 4.74 Å². The minimum absolute atomic E-state index is 0.195. The van der Waals surface area contributed by atoms with Crippen molar-refractivity contribution < 1.29 is 4.74 Å². The molecule has 0 aliphatic rings. The average Bonchev–Trinajstić information content (AvgIpc) is 2.34. The van der Waals surface area contributed by atoms with Gasteiger partial charge in [-0.05, 0) is 18.2 Å². The van der Waals surface area contributed by atoms with E-state index in [0.717, 1.165) is 0 Å². The van der Waals surface area contributed by atoms with Gasteiger partial charge in [0.1, 0.15) is 22.7 Å². The summed E-state index contributed by atoms with van der Waals surface area (Å²) < 4.78 is 5.54. The molecule has 100 valence electrons. The molecular formula is C12H6Cl5NO. The molecule has 0 N–H and O–H groups in total. The van der Waals surface area contributed by atoms with Crippen LogP contribution in [0.25, 0.3) is 0 Å². The van der Waals surface area contributed by atoms with Gasteiger partial charge in [0.05, 0.1) is 15.1 Å². The highest BCUT2D eigenvalue weighted by Crippen LogP contribution is 2.34. The summed E-state index contributed by atoms with van der Waals surface area (Å²) in [6.45, 7) is 0.195. The van der Waals surface area contributed by atoms with Crippen LogP contribution in [0.4, 0.5) is 0 Å². The summed E-state index contributed by atoms with van der Waals surface area (Å²) in [6.07, 6.45) is 0. The number of rotatable bonds is 3. The molecule has 2 aromatic rings. The monoisotopic (exact) mass is 355 g/mol. The van der Waals surface area contributed by atoms with E-state index < -0.39 is 0 Å². The first-order valence-electron chi connectivity index (χ1n) is 5.05. The van der Waals surface area contributed by atoms with Gasteiger partial charge in [0, 0.05) is 11.6 Å². The highest BCUT2D eigenvalue weighted by Gasteiger charge is 2.09. The molecule has 7 heteroatoms. The van der Waals surface area contributed by atoms with Crippen LogP contribution >= 0.6 is 58.0 Å². The Labute approximate surface area is 135 Å². The topological polar surface area (TPSA) is 22.1 Å². The van der Waals surface area contributed by atoms with Crippen LogP contribution in [0.5, 0.6) is 5.75 Å². The number of pyridine rings is 1. The Bertz CT molecular complexity index is 617. The second kappa shape index (κ2) is 6.38. The summed E-state index contributed by atoms with van der Waals surface area (Å²) in [6, 6.07) is 6.41. The molecule has 19 heavy (non-hydrogen) atoms. The molecule has 2 nitrogen and oxygen atoms in total. The third-order valence-corrected chi connectivity index (χ3v) is 3.81. The first-order valence-corrected chi connectivity index (χ1v) is 6.94. The van der Waals surface area contributed by atoms with Crippen LogP contribution in [0.1, 0.15) is 5.56 Å². The molecule has 0 atom stereocenters. The van der Waals surface area contributed by atoms with E-state index in [2.05, 4.69) is 4.98 Å². The molecule has 0 amide bonds. The lowest BCUT2D eigenvalue weighted by Gasteiger charge is -2.10. The van der Waals surface area contributed by atoms with E-state index in [1.165, 1.54) is 6.07 Å². The standard InChI is InChI=1S/C12H6Cl5NO/c13-7-3-9(15)10(4-8(7)14)19-5-6-1-2-11(16)18-12(6)17/h1-4H,5H2. The Morgan fingerprint density at radius 3 is 2.26 bits per heavy atom. The number of aromatic nitrogens is 1. The molecule has 0 spiro atoms. The van der Waals surface area contributed by atoms with Crippen molar-refractivity contribution in [3.63, 3.8) is 0 Å². The van der Waals surface area contributed by atoms with E-state index in [4.69, 9.17) is 62.7 Å². The quantitative estimate of drug-likeness (QED) is 0.502. The lowest BCUT2D eigenvalue weighted by atomic mass is 10.3. The molecule has 0 aliphatic carbocycles. The normalized spacial score (nSPS) is 10.6. The van der Waals surface area contributed by atoms with Crippen LogP contribution in [0.2, 0.25) is 25.4 Å². The summed E-state index contributed by atoms with van der Waals surface area (Å²) in [7, 11) is 0. The maximum atomic E-state index is 5.99. The lowest BCUT2D eigenvalue weighted by molar-refractivity contribution is 0.306. The van der Waals surface area contributed by atoms with Gasteiger partial charge in [-0.15, -0.1) is 0 Å². The molecule has 2 rings (SSSR count). The van der Waals surface area contributed by atoms with E-state index >= 15 is 0 Å². The third kappa shape index (κ3) is 3.80. The fourth-order valence-electron chi connectivity index (χ4n) is 1.32. The van der Waals surface area contributed by atoms with Crippen molar-refractivity contribution >= 4 is 58.0 Å². The highest BCUT2D eigenvalue weighted by molar-refractivity contribution is 6.43. The van der Waals surface area contributed by atoms with E-state index in [1.54, 1.807) is 18.2 Å². The molecule has 1 aromatic heterocycles. The van der Waals surface area contributed by atoms with Gasteiger partial charge in [0.2, 0.25) is 0 Å². The van der Waals surface area contributed by atoms with Crippen molar-refractivity contribution in [3.05, 3.63) is 55.2 Å². The van der Waals surface area contributed by atoms with Gasteiger partial charge in [-0.25, -0.2) is 4.98 Å². The van der Waals surface area contributed by atoms with Crippen LogP contribution in [0.3, 0.4) is 0 Å². The number of hydrogen-bond donors (Lipinski definition) is 0. The van der Waals surface area contributed by atoms with Gasteiger partial charge < -0.3 is 4.74 Å². The Morgan fingerprint density at radius 1 is 0.895 bits per heavy atom. The van der Waals surface area contributed by atoms with E-state index in [9.17, 15) is 0 Å². The van der Waals surface area contributed by atoms with E-state index in [0.29, 0.717) is 31.5 Å². The molecule has 0 unspecified atom stereocenters. The van der Waals surface area contributed by atoms with E-state index in [1.807, 2.05) is 0 Å². The molecular weight excluding hydrogens is 351 g/mol. The minimum atomic E-state index is 0.195. The zero-order valence-electron chi connectivity index (χ0n) is 9.26. The fourth-order valence-corrected chi connectivity index (χ4v) is 2.31. The number of benzene rings is 1. The second-order valence-electron chi connectivity index (χ2n) is 3.57. The largest absolute Gasteiger partial charge is 0.487 e. The summed E-state index contributed by atoms with van der Waals surface area (Å²) in [4.78, 5) is 3.91. The molecule has 1 aromatic carbocycles.